The molecule has 4 rings (SSSR count). The molecule has 0 radical (unpaired) electrons. The number of amides is 1. The van der Waals surface area contributed by atoms with E-state index in [4.69, 9.17) is 16.3 Å². The lowest BCUT2D eigenvalue weighted by Crippen LogP contribution is -2.29. The minimum absolute atomic E-state index is 0.00418. The molecular formula is C31H33ClN2O4. The Kier molecular flexibility index (Phi) is 8.12. The number of hydrogen-bond acceptors (Lipinski definition) is 5. The predicted octanol–water partition coefficient (Wildman–Crippen LogP) is 6.91. The Bertz CT molecular complexity index is 1380. The van der Waals surface area contributed by atoms with Crippen LogP contribution in [-0.2, 0) is 9.59 Å². The van der Waals surface area contributed by atoms with Gasteiger partial charge >= 0.3 is 0 Å². The summed E-state index contributed by atoms with van der Waals surface area (Å²) in [5.41, 5.74) is 3.50. The summed E-state index contributed by atoms with van der Waals surface area (Å²) in [5, 5.41) is 11.9. The van der Waals surface area contributed by atoms with Crippen molar-refractivity contribution in [1.29, 1.82) is 0 Å². The molecule has 1 amide bonds. The van der Waals surface area contributed by atoms with E-state index in [0.717, 1.165) is 24.3 Å². The smallest absolute Gasteiger partial charge is 0.300 e. The van der Waals surface area contributed by atoms with Crippen molar-refractivity contribution in [2.75, 3.05) is 22.9 Å². The van der Waals surface area contributed by atoms with Crippen molar-refractivity contribution in [3.8, 4) is 5.75 Å². The van der Waals surface area contributed by atoms with Crippen LogP contribution in [0.4, 0.5) is 11.4 Å². The van der Waals surface area contributed by atoms with Crippen LogP contribution in [0.15, 0.2) is 72.3 Å². The largest absolute Gasteiger partial charge is 0.507 e. The summed E-state index contributed by atoms with van der Waals surface area (Å²) < 4.78 is 5.83. The molecule has 1 fully saturated rings. The molecule has 0 spiro atoms. The van der Waals surface area contributed by atoms with Gasteiger partial charge in [-0.05, 0) is 94.3 Å². The van der Waals surface area contributed by atoms with Gasteiger partial charge in [-0.25, -0.2) is 0 Å². The van der Waals surface area contributed by atoms with E-state index in [2.05, 4.69) is 18.7 Å². The molecule has 1 aliphatic heterocycles. The predicted molar refractivity (Wildman–Crippen MR) is 153 cm³/mol. The lowest BCUT2D eigenvalue weighted by molar-refractivity contribution is -0.132. The maximum atomic E-state index is 13.5. The minimum atomic E-state index is -0.828. The highest BCUT2D eigenvalue weighted by Gasteiger charge is 2.47. The molecule has 1 aliphatic rings. The van der Waals surface area contributed by atoms with Crippen molar-refractivity contribution >= 4 is 40.4 Å². The van der Waals surface area contributed by atoms with Crippen LogP contribution in [0.25, 0.3) is 5.76 Å². The van der Waals surface area contributed by atoms with Crippen molar-refractivity contribution < 1.29 is 19.4 Å². The van der Waals surface area contributed by atoms with E-state index < -0.39 is 17.7 Å². The van der Waals surface area contributed by atoms with Crippen molar-refractivity contribution in [3.05, 3.63) is 94.0 Å². The Hall–Kier alpha value is -3.77. The van der Waals surface area contributed by atoms with E-state index >= 15 is 0 Å². The quantitative estimate of drug-likeness (QED) is 0.194. The Morgan fingerprint density at radius 1 is 1.03 bits per heavy atom. The fourth-order valence-corrected chi connectivity index (χ4v) is 5.02. The van der Waals surface area contributed by atoms with Gasteiger partial charge in [-0.15, -0.1) is 0 Å². The van der Waals surface area contributed by atoms with E-state index in [0.29, 0.717) is 27.6 Å². The summed E-state index contributed by atoms with van der Waals surface area (Å²) in [5.74, 6) is -1.01. The molecule has 198 valence electrons. The normalized spacial score (nSPS) is 16.8. The molecular weight excluding hydrogens is 500 g/mol. The second-order valence-electron chi connectivity index (χ2n) is 9.56. The monoisotopic (exact) mass is 532 g/mol. The zero-order valence-electron chi connectivity index (χ0n) is 22.4. The summed E-state index contributed by atoms with van der Waals surface area (Å²) in [6.45, 7) is 11.6. The van der Waals surface area contributed by atoms with E-state index in [1.807, 2.05) is 45.0 Å². The standard InChI is InChI=1S/C31H33ClN2O4/c1-6-33(7-2)24-14-11-21(12-15-24)28-27(29(35)22-13-16-26(20(5)17-22)38-19(3)4)30(36)31(37)34(28)25-10-8-9-23(32)18-25/h8-19,28,35H,6-7H2,1-5H3/b29-27-. The van der Waals surface area contributed by atoms with Crippen LogP contribution in [0.5, 0.6) is 5.75 Å². The van der Waals surface area contributed by atoms with E-state index in [-0.39, 0.29) is 17.4 Å². The molecule has 0 saturated carbocycles. The summed E-state index contributed by atoms with van der Waals surface area (Å²) >= 11 is 6.25. The number of benzene rings is 3. The van der Waals surface area contributed by atoms with Gasteiger partial charge in [0.1, 0.15) is 11.5 Å². The van der Waals surface area contributed by atoms with Crippen LogP contribution in [0.2, 0.25) is 5.02 Å². The third kappa shape index (κ3) is 5.27. The zero-order chi connectivity index (χ0) is 27.6. The number of carbonyl (C=O) groups excluding carboxylic acids is 2. The van der Waals surface area contributed by atoms with Crippen LogP contribution >= 0.6 is 11.6 Å². The number of aryl methyl sites for hydroxylation is 1. The first kappa shape index (κ1) is 27.3. The van der Waals surface area contributed by atoms with Gasteiger partial charge in [-0.1, -0.05) is 29.8 Å². The van der Waals surface area contributed by atoms with Crippen LogP contribution in [-0.4, -0.2) is 36.0 Å². The highest BCUT2D eigenvalue weighted by molar-refractivity contribution is 6.51. The van der Waals surface area contributed by atoms with Crippen LogP contribution < -0.4 is 14.5 Å². The fourth-order valence-electron chi connectivity index (χ4n) is 4.83. The molecule has 3 aromatic rings. The van der Waals surface area contributed by atoms with Gasteiger partial charge in [-0.2, -0.15) is 0 Å². The Balaban J connectivity index is 1.88. The molecule has 0 aromatic heterocycles. The molecule has 1 unspecified atom stereocenters. The second kappa shape index (κ2) is 11.3. The number of aliphatic hydroxyl groups excluding tert-OH is 1. The fraction of sp³-hybridized carbons (Fsp3) is 0.290. The first-order valence-electron chi connectivity index (χ1n) is 12.8. The van der Waals surface area contributed by atoms with Gasteiger partial charge in [-0.3, -0.25) is 14.5 Å². The maximum absolute atomic E-state index is 13.5. The molecule has 1 N–H and O–H groups in total. The molecule has 1 saturated heterocycles. The van der Waals surface area contributed by atoms with Gasteiger partial charge < -0.3 is 14.7 Å². The number of nitrogens with zero attached hydrogens (tertiary/aromatic N) is 2. The Morgan fingerprint density at radius 2 is 1.71 bits per heavy atom. The molecule has 6 nitrogen and oxygen atoms in total. The van der Waals surface area contributed by atoms with Crippen molar-refractivity contribution in [2.24, 2.45) is 0 Å². The van der Waals surface area contributed by atoms with Crippen LogP contribution in [0.3, 0.4) is 0 Å². The topological polar surface area (TPSA) is 70.1 Å². The second-order valence-corrected chi connectivity index (χ2v) is 10.00. The first-order chi connectivity index (χ1) is 18.2. The molecule has 1 heterocycles. The van der Waals surface area contributed by atoms with Gasteiger partial charge in [0.05, 0.1) is 17.7 Å². The number of hydrogen-bond donors (Lipinski definition) is 1. The number of aliphatic hydroxyl groups is 1. The average Bonchev–Trinajstić information content (AvgIpc) is 3.16. The lowest BCUT2D eigenvalue weighted by atomic mass is 9.94. The van der Waals surface area contributed by atoms with Gasteiger partial charge in [0.15, 0.2) is 0 Å². The molecule has 38 heavy (non-hydrogen) atoms. The number of anilines is 2. The van der Waals surface area contributed by atoms with Gasteiger partial charge in [0.2, 0.25) is 0 Å². The molecule has 7 heteroatoms. The molecule has 0 aliphatic carbocycles. The number of halogens is 1. The van der Waals surface area contributed by atoms with Gasteiger partial charge in [0, 0.05) is 35.1 Å². The van der Waals surface area contributed by atoms with Crippen LogP contribution in [0, 0.1) is 6.92 Å². The third-order valence-electron chi connectivity index (χ3n) is 6.68. The minimum Gasteiger partial charge on any atom is -0.507 e. The number of Topliss-reactive ketones (excluding diaryl/α,β-unsaturated/α-hetero) is 1. The summed E-state index contributed by atoms with van der Waals surface area (Å²) in [6, 6.07) is 19.0. The highest BCUT2D eigenvalue weighted by atomic mass is 35.5. The number of ether oxygens (including phenoxy) is 1. The average molecular weight is 533 g/mol. The van der Waals surface area contributed by atoms with E-state index in [1.165, 1.54) is 4.90 Å². The summed E-state index contributed by atoms with van der Waals surface area (Å²) in [4.78, 5) is 30.5. The number of rotatable bonds is 8. The third-order valence-corrected chi connectivity index (χ3v) is 6.91. The Labute approximate surface area is 229 Å². The SMILES string of the molecule is CCN(CC)c1ccc(C2/C(=C(/O)c3ccc(OC(C)C)c(C)c3)C(=O)C(=O)N2c2cccc(Cl)c2)cc1. The van der Waals surface area contributed by atoms with Crippen molar-refractivity contribution in [3.63, 3.8) is 0 Å². The summed E-state index contributed by atoms with van der Waals surface area (Å²) in [6.07, 6.45) is -0.00418. The van der Waals surface area contributed by atoms with Gasteiger partial charge in [0.25, 0.3) is 11.7 Å². The molecule has 1 atom stereocenters. The maximum Gasteiger partial charge on any atom is 0.300 e. The van der Waals surface area contributed by atoms with E-state index in [9.17, 15) is 14.7 Å². The first-order valence-corrected chi connectivity index (χ1v) is 13.2. The number of ketones is 1. The molecule has 0 bridgehead atoms. The van der Waals surface area contributed by atoms with Crippen LogP contribution in [0.1, 0.15) is 50.4 Å². The van der Waals surface area contributed by atoms with E-state index in [1.54, 1.807) is 42.5 Å². The zero-order valence-corrected chi connectivity index (χ0v) is 23.1. The lowest BCUT2D eigenvalue weighted by Gasteiger charge is -2.27. The molecule has 3 aromatic carbocycles. The summed E-state index contributed by atoms with van der Waals surface area (Å²) in [7, 11) is 0. The highest BCUT2D eigenvalue weighted by Crippen LogP contribution is 2.43. The van der Waals surface area contributed by atoms with Crippen molar-refractivity contribution in [2.45, 2.75) is 46.8 Å². The van der Waals surface area contributed by atoms with Crippen molar-refractivity contribution in [1.82, 2.24) is 0 Å². The number of carbonyl (C=O) groups is 2. The Morgan fingerprint density at radius 3 is 2.29 bits per heavy atom.